The molecule has 0 aliphatic carbocycles. The molecule has 0 spiro atoms. The number of phenols is 1. The molecular formula is C25H32N2O5. The number of methoxy groups -OCH3 is 2. The van der Waals surface area contributed by atoms with E-state index in [0.29, 0.717) is 34.7 Å². The first kappa shape index (κ1) is 23.6. The standard InChI is InChI=1S/C25H32N2O5/c1-15(27-13-16(2)32-17(3)14-27)9-21(22-8-7-19(12-26-22)18(4)28)25-23(29)10-20(30-5)11-24(25)31-6/h7-8,10-12,16-17,21,29H,1,9,13-14H2,2-6H3. The summed E-state index contributed by atoms with van der Waals surface area (Å²) in [6.07, 6.45) is 2.29. The molecule has 7 nitrogen and oxygen atoms in total. The van der Waals surface area contributed by atoms with Gasteiger partial charge in [-0.3, -0.25) is 9.78 Å². The molecule has 172 valence electrons. The third kappa shape index (κ3) is 5.22. The van der Waals surface area contributed by atoms with Crippen LogP contribution in [0.1, 0.15) is 54.7 Å². The Morgan fingerprint density at radius 1 is 1.25 bits per heavy atom. The second-order valence-corrected chi connectivity index (χ2v) is 8.28. The van der Waals surface area contributed by atoms with Crippen LogP contribution in [0.15, 0.2) is 42.7 Å². The van der Waals surface area contributed by atoms with E-state index in [1.54, 1.807) is 31.5 Å². The van der Waals surface area contributed by atoms with Gasteiger partial charge in [-0.1, -0.05) is 6.58 Å². The number of aromatic nitrogens is 1. The molecule has 1 saturated heterocycles. The van der Waals surface area contributed by atoms with Gasteiger partial charge in [0.25, 0.3) is 0 Å². The van der Waals surface area contributed by atoms with Gasteiger partial charge in [-0.05, 0) is 39.3 Å². The lowest BCUT2D eigenvalue weighted by Crippen LogP contribution is -2.44. The molecule has 2 aromatic rings. The first-order valence-corrected chi connectivity index (χ1v) is 10.7. The highest BCUT2D eigenvalue weighted by Crippen LogP contribution is 2.43. The number of benzene rings is 1. The van der Waals surface area contributed by atoms with Crippen LogP contribution in [0.4, 0.5) is 0 Å². The van der Waals surface area contributed by atoms with Gasteiger partial charge in [0.2, 0.25) is 0 Å². The predicted octanol–water partition coefficient (Wildman–Crippen LogP) is 4.15. The molecular weight excluding hydrogens is 408 g/mol. The van der Waals surface area contributed by atoms with E-state index in [1.165, 1.54) is 14.0 Å². The number of aromatic hydroxyl groups is 1. The van der Waals surface area contributed by atoms with Gasteiger partial charge in [-0.25, -0.2) is 0 Å². The maximum absolute atomic E-state index is 11.7. The van der Waals surface area contributed by atoms with E-state index >= 15 is 0 Å². The van der Waals surface area contributed by atoms with Gasteiger partial charge in [0.15, 0.2) is 5.78 Å². The Morgan fingerprint density at radius 3 is 2.47 bits per heavy atom. The Labute approximate surface area is 189 Å². The lowest BCUT2D eigenvalue weighted by atomic mass is 9.88. The maximum atomic E-state index is 11.7. The molecule has 0 bridgehead atoms. The Balaban J connectivity index is 2.02. The second-order valence-electron chi connectivity index (χ2n) is 8.28. The van der Waals surface area contributed by atoms with Gasteiger partial charge in [-0.2, -0.15) is 0 Å². The molecule has 1 aliphatic rings. The summed E-state index contributed by atoms with van der Waals surface area (Å²) in [6.45, 7) is 11.4. The summed E-state index contributed by atoms with van der Waals surface area (Å²) in [6, 6.07) is 6.89. The number of Topliss-reactive ketones (excluding diaryl/α,β-unsaturated/α-hetero) is 1. The van der Waals surface area contributed by atoms with E-state index in [4.69, 9.17) is 14.2 Å². The quantitative estimate of drug-likeness (QED) is 0.618. The summed E-state index contributed by atoms with van der Waals surface area (Å²) >= 11 is 0. The number of pyridine rings is 1. The number of rotatable bonds is 8. The molecule has 1 aromatic carbocycles. The maximum Gasteiger partial charge on any atom is 0.161 e. The molecule has 1 aliphatic heterocycles. The van der Waals surface area contributed by atoms with Crippen molar-refractivity contribution < 1.29 is 24.1 Å². The zero-order chi connectivity index (χ0) is 23.4. The SMILES string of the molecule is C=C(CC(c1ccc(C(C)=O)cn1)c1c(O)cc(OC)cc1OC)N1CC(C)OC(C)C1. The van der Waals surface area contributed by atoms with Crippen LogP contribution in [-0.2, 0) is 4.74 Å². The van der Waals surface area contributed by atoms with E-state index in [0.717, 1.165) is 18.8 Å². The number of morpholine rings is 1. The highest BCUT2D eigenvalue weighted by molar-refractivity contribution is 5.93. The molecule has 1 aromatic heterocycles. The smallest absolute Gasteiger partial charge is 0.161 e. The molecule has 1 N–H and O–H groups in total. The van der Waals surface area contributed by atoms with E-state index in [1.807, 2.05) is 19.9 Å². The number of allylic oxidation sites excluding steroid dienone is 1. The van der Waals surface area contributed by atoms with Crippen LogP contribution in [-0.4, -0.2) is 60.3 Å². The average Bonchev–Trinajstić information content (AvgIpc) is 2.76. The van der Waals surface area contributed by atoms with Gasteiger partial charge < -0.3 is 24.2 Å². The monoisotopic (exact) mass is 440 g/mol. The van der Waals surface area contributed by atoms with Crippen molar-refractivity contribution in [2.45, 2.75) is 45.3 Å². The summed E-state index contributed by atoms with van der Waals surface area (Å²) in [5, 5.41) is 10.9. The van der Waals surface area contributed by atoms with Crippen LogP contribution < -0.4 is 9.47 Å². The minimum absolute atomic E-state index is 0.0498. The first-order chi connectivity index (χ1) is 15.2. The molecule has 32 heavy (non-hydrogen) atoms. The molecule has 2 heterocycles. The number of phenolic OH excluding ortho intramolecular Hbond substituents is 1. The van der Waals surface area contributed by atoms with Crippen LogP contribution in [0.5, 0.6) is 17.2 Å². The number of carbonyl (C=O) groups is 1. The fraction of sp³-hybridized carbons (Fsp3) is 0.440. The minimum atomic E-state index is -0.335. The van der Waals surface area contributed by atoms with Crippen LogP contribution >= 0.6 is 0 Å². The third-order valence-electron chi connectivity index (χ3n) is 5.75. The molecule has 1 fully saturated rings. The van der Waals surface area contributed by atoms with E-state index in [9.17, 15) is 9.90 Å². The lowest BCUT2D eigenvalue weighted by molar-refractivity contribution is -0.0586. The van der Waals surface area contributed by atoms with Gasteiger partial charge >= 0.3 is 0 Å². The molecule has 3 atom stereocenters. The zero-order valence-corrected chi connectivity index (χ0v) is 19.4. The predicted molar refractivity (Wildman–Crippen MR) is 123 cm³/mol. The number of hydrogen-bond donors (Lipinski definition) is 1. The summed E-state index contributed by atoms with van der Waals surface area (Å²) in [4.78, 5) is 18.5. The second kappa shape index (κ2) is 10.0. The average molecular weight is 441 g/mol. The third-order valence-corrected chi connectivity index (χ3v) is 5.75. The van der Waals surface area contributed by atoms with E-state index in [-0.39, 0.29) is 29.7 Å². The van der Waals surface area contributed by atoms with Crippen molar-refractivity contribution in [3.8, 4) is 17.2 Å². The van der Waals surface area contributed by atoms with Crippen LogP contribution in [0, 0.1) is 0 Å². The molecule has 3 unspecified atom stereocenters. The summed E-state index contributed by atoms with van der Waals surface area (Å²) in [5.41, 5.74) is 2.77. The number of carbonyl (C=O) groups excluding carboxylic acids is 1. The Morgan fingerprint density at radius 2 is 1.94 bits per heavy atom. The highest BCUT2D eigenvalue weighted by atomic mass is 16.5. The number of hydrogen-bond acceptors (Lipinski definition) is 7. The number of ketones is 1. The van der Waals surface area contributed by atoms with Crippen molar-refractivity contribution in [2.24, 2.45) is 0 Å². The van der Waals surface area contributed by atoms with Gasteiger partial charge in [0, 0.05) is 59.9 Å². The molecule has 0 amide bonds. The topological polar surface area (TPSA) is 81.1 Å². The normalized spacial score (nSPS) is 19.3. The van der Waals surface area contributed by atoms with Crippen molar-refractivity contribution in [2.75, 3.05) is 27.3 Å². The Kier molecular flexibility index (Phi) is 7.40. The molecule has 3 rings (SSSR count). The summed E-state index contributed by atoms with van der Waals surface area (Å²) < 4.78 is 16.8. The van der Waals surface area contributed by atoms with Gasteiger partial charge in [0.1, 0.15) is 17.2 Å². The van der Waals surface area contributed by atoms with Crippen molar-refractivity contribution in [1.29, 1.82) is 0 Å². The Bertz CT molecular complexity index is 963. The fourth-order valence-electron chi connectivity index (χ4n) is 4.20. The van der Waals surface area contributed by atoms with Crippen LogP contribution in [0.3, 0.4) is 0 Å². The number of nitrogens with zero attached hydrogens (tertiary/aromatic N) is 2. The minimum Gasteiger partial charge on any atom is -0.507 e. The first-order valence-electron chi connectivity index (χ1n) is 10.7. The van der Waals surface area contributed by atoms with Crippen molar-refractivity contribution >= 4 is 5.78 Å². The van der Waals surface area contributed by atoms with Crippen LogP contribution in [0.2, 0.25) is 0 Å². The Hall–Kier alpha value is -3.06. The number of ether oxygens (including phenoxy) is 3. The fourth-order valence-corrected chi connectivity index (χ4v) is 4.20. The van der Waals surface area contributed by atoms with Gasteiger partial charge in [-0.15, -0.1) is 0 Å². The lowest BCUT2D eigenvalue weighted by Gasteiger charge is -2.38. The van der Waals surface area contributed by atoms with Gasteiger partial charge in [0.05, 0.1) is 26.4 Å². The molecule has 7 heteroatoms. The highest BCUT2D eigenvalue weighted by Gasteiger charge is 2.29. The zero-order valence-electron chi connectivity index (χ0n) is 19.4. The molecule has 0 radical (unpaired) electrons. The van der Waals surface area contributed by atoms with Crippen molar-refractivity contribution in [1.82, 2.24) is 9.88 Å². The largest absolute Gasteiger partial charge is 0.507 e. The summed E-state index contributed by atoms with van der Waals surface area (Å²) in [7, 11) is 3.09. The molecule has 0 saturated carbocycles. The van der Waals surface area contributed by atoms with Crippen molar-refractivity contribution in [3.05, 3.63) is 59.6 Å². The van der Waals surface area contributed by atoms with E-state index < -0.39 is 0 Å². The van der Waals surface area contributed by atoms with E-state index in [2.05, 4.69) is 16.5 Å². The van der Waals surface area contributed by atoms with Crippen molar-refractivity contribution in [3.63, 3.8) is 0 Å². The summed E-state index contributed by atoms with van der Waals surface area (Å²) in [5.74, 6) is 0.668. The van der Waals surface area contributed by atoms with Crippen LogP contribution in [0.25, 0.3) is 0 Å².